The summed E-state index contributed by atoms with van der Waals surface area (Å²) >= 11 is 0. The number of hydrogen-bond acceptors (Lipinski definition) is 1. The molecule has 2 bridgehead atoms. The van der Waals surface area contributed by atoms with Gasteiger partial charge in [-0.25, -0.2) is 0 Å². The van der Waals surface area contributed by atoms with Gasteiger partial charge in [-0.3, -0.25) is 4.79 Å². The summed E-state index contributed by atoms with van der Waals surface area (Å²) in [5.41, 5.74) is -0.435. The molecular weight excluding hydrogens is 200 g/mol. The lowest BCUT2D eigenvalue weighted by atomic mass is 9.71. The quantitative estimate of drug-likeness (QED) is 0.773. The third-order valence-corrected chi connectivity index (χ3v) is 5.34. The summed E-state index contributed by atoms with van der Waals surface area (Å²) in [5, 5.41) is 9.45. The van der Waals surface area contributed by atoms with Gasteiger partial charge in [-0.15, -0.1) is 0 Å². The van der Waals surface area contributed by atoms with Gasteiger partial charge in [0.05, 0.1) is 5.41 Å². The first kappa shape index (κ1) is 11.9. The standard InChI is InChI=1S/C14H24O2/c1-3-14(4-2,13(15)16)9-12-8-10-5-6-11(12)7-10/h10-12H,3-9H2,1-2H3,(H,15,16). The SMILES string of the molecule is CCC(CC)(CC1CC2CCC1C2)C(=O)O. The molecule has 0 aromatic heterocycles. The van der Waals surface area contributed by atoms with Crippen molar-refractivity contribution in [3.8, 4) is 0 Å². The van der Waals surface area contributed by atoms with Crippen LogP contribution in [0.3, 0.4) is 0 Å². The number of carboxylic acids is 1. The van der Waals surface area contributed by atoms with Crippen LogP contribution in [-0.2, 0) is 4.79 Å². The Morgan fingerprint density at radius 1 is 1.25 bits per heavy atom. The Labute approximate surface area is 98.4 Å². The molecule has 2 saturated carbocycles. The molecule has 2 fully saturated rings. The normalized spacial score (nSPS) is 33.2. The summed E-state index contributed by atoms with van der Waals surface area (Å²) in [6.07, 6.45) is 7.95. The van der Waals surface area contributed by atoms with Crippen LogP contribution in [0.4, 0.5) is 0 Å². The average molecular weight is 224 g/mol. The third kappa shape index (κ3) is 1.87. The molecule has 0 spiro atoms. The molecule has 1 N–H and O–H groups in total. The maximum atomic E-state index is 11.5. The molecule has 0 aliphatic heterocycles. The van der Waals surface area contributed by atoms with Crippen LogP contribution >= 0.6 is 0 Å². The first-order chi connectivity index (χ1) is 7.61. The molecule has 0 heterocycles. The minimum Gasteiger partial charge on any atom is -0.481 e. The van der Waals surface area contributed by atoms with Crippen molar-refractivity contribution in [2.24, 2.45) is 23.2 Å². The van der Waals surface area contributed by atoms with Crippen molar-refractivity contribution in [3.05, 3.63) is 0 Å². The second-order valence-corrected chi connectivity index (χ2v) is 5.93. The largest absolute Gasteiger partial charge is 0.481 e. The zero-order valence-electron chi connectivity index (χ0n) is 10.5. The third-order valence-electron chi connectivity index (χ3n) is 5.34. The Balaban J connectivity index is 2.03. The number of hydrogen-bond donors (Lipinski definition) is 1. The zero-order valence-corrected chi connectivity index (χ0v) is 10.5. The molecule has 2 heteroatoms. The van der Waals surface area contributed by atoms with Crippen LogP contribution in [0.25, 0.3) is 0 Å². The van der Waals surface area contributed by atoms with E-state index in [0.29, 0.717) is 5.92 Å². The van der Waals surface area contributed by atoms with Gasteiger partial charge >= 0.3 is 5.97 Å². The summed E-state index contributed by atoms with van der Waals surface area (Å²) in [7, 11) is 0. The molecular formula is C14H24O2. The fraction of sp³-hybridized carbons (Fsp3) is 0.929. The highest BCUT2D eigenvalue weighted by molar-refractivity contribution is 5.74. The van der Waals surface area contributed by atoms with Crippen molar-refractivity contribution in [3.63, 3.8) is 0 Å². The Morgan fingerprint density at radius 2 is 1.94 bits per heavy atom. The molecule has 0 saturated heterocycles. The van der Waals surface area contributed by atoms with Crippen LogP contribution in [-0.4, -0.2) is 11.1 Å². The molecule has 2 nitrogen and oxygen atoms in total. The highest BCUT2D eigenvalue weighted by Gasteiger charge is 2.45. The minimum absolute atomic E-state index is 0.435. The topological polar surface area (TPSA) is 37.3 Å². The molecule has 2 aliphatic rings. The van der Waals surface area contributed by atoms with Crippen molar-refractivity contribution in [2.45, 2.75) is 58.8 Å². The molecule has 0 aromatic carbocycles. The predicted octanol–water partition coefficient (Wildman–Crippen LogP) is 3.70. The van der Waals surface area contributed by atoms with Gasteiger partial charge in [-0.2, -0.15) is 0 Å². The Kier molecular flexibility index (Phi) is 3.27. The van der Waals surface area contributed by atoms with E-state index in [0.717, 1.165) is 31.1 Å². The van der Waals surface area contributed by atoms with Crippen molar-refractivity contribution < 1.29 is 9.90 Å². The lowest BCUT2D eigenvalue weighted by Crippen LogP contribution is -2.33. The van der Waals surface area contributed by atoms with E-state index in [-0.39, 0.29) is 0 Å². The number of aliphatic carboxylic acids is 1. The molecule has 0 aromatic rings. The molecule has 0 amide bonds. The van der Waals surface area contributed by atoms with Gasteiger partial charge in [0, 0.05) is 0 Å². The van der Waals surface area contributed by atoms with E-state index in [4.69, 9.17) is 0 Å². The molecule has 16 heavy (non-hydrogen) atoms. The van der Waals surface area contributed by atoms with Gasteiger partial charge in [-0.1, -0.05) is 20.3 Å². The van der Waals surface area contributed by atoms with Crippen LogP contribution in [0, 0.1) is 23.2 Å². The van der Waals surface area contributed by atoms with Crippen LogP contribution in [0.1, 0.15) is 58.8 Å². The van der Waals surface area contributed by atoms with Gasteiger partial charge in [0.1, 0.15) is 0 Å². The molecule has 2 aliphatic carbocycles. The summed E-state index contributed by atoms with van der Waals surface area (Å²) in [4.78, 5) is 11.5. The van der Waals surface area contributed by atoms with Gasteiger partial charge in [0.2, 0.25) is 0 Å². The lowest BCUT2D eigenvalue weighted by Gasteiger charge is -2.33. The average Bonchev–Trinajstić information content (AvgIpc) is 2.87. The van der Waals surface area contributed by atoms with E-state index in [1.165, 1.54) is 25.7 Å². The van der Waals surface area contributed by atoms with Crippen molar-refractivity contribution in [1.29, 1.82) is 0 Å². The van der Waals surface area contributed by atoms with E-state index in [1.54, 1.807) is 0 Å². The first-order valence-electron chi connectivity index (χ1n) is 6.84. The molecule has 92 valence electrons. The summed E-state index contributed by atoms with van der Waals surface area (Å²) < 4.78 is 0. The van der Waals surface area contributed by atoms with E-state index in [9.17, 15) is 9.90 Å². The fourth-order valence-corrected chi connectivity index (χ4v) is 4.06. The highest BCUT2D eigenvalue weighted by atomic mass is 16.4. The van der Waals surface area contributed by atoms with Gasteiger partial charge in [0.15, 0.2) is 0 Å². The second kappa shape index (κ2) is 4.38. The monoisotopic (exact) mass is 224 g/mol. The van der Waals surface area contributed by atoms with Gasteiger partial charge < -0.3 is 5.11 Å². The maximum Gasteiger partial charge on any atom is 0.309 e. The predicted molar refractivity (Wildman–Crippen MR) is 64.2 cm³/mol. The van der Waals surface area contributed by atoms with Crippen LogP contribution in [0.2, 0.25) is 0 Å². The molecule has 0 radical (unpaired) electrons. The molecule has 2 rings (SSSR count). The number of fused-ring (bicyclic) bond motifs is 2. The van der Waals surface area contributed by atoms with Gasteiger partial charge in [-0.05, 0) is 56.3 Å². The highest BCUT2D eigenvalue weighted by Crippen LogP contribution is 2.52. The zero-order chi connectivity index (χ0) is 11.8. The Hall–Kier alpha value is -0.530. The lowest BCUT2D eigenvalue weighted by molar-refractivity contribution is -0.151. The van der Waals surface area contributed by atoms with E-state index < -0.39 is 11.4 Å². The van der Waals surface area contributed by atoms with Crippen molar-refractivity contribution in [1.82, 2.24) is 0 Å². The number of carbonyl (C=O) groups is 1. The maximum absolute atomic E-state index is 11.5. The van der Waals surface area contributed by atoms with Gasteiger partial charge in [0.25, 0.3) is 0 Å². The summed E-state index contributed by atoms with van der Waals surface area (Å²) in [5.74, 6) is 1.91. The van der Waals surface area contributed by atoms with Crippen LogP contribution < -0.4 is 0 Å². The first-order valence-corrected chi connectivity index (χ1v) is 6.84. The van der Waals surface area contributed by atoms with Crippen LogP contribution in [0.15, 0.2) is 0 Å². The molecule has 3 atom stereocenters. The Morgan fingerprint density at radius 3 is 2.31 bits per heavy atom. The smallest absolute Gasteiger partial charge is 0.309 e. The molecule has 3 unspecified atom stereocenters. The second-order valence-electron chi connectivity index (χ2n) is 5.93. The minimum atomic E-state index is -0.569. The van der Waals surface area contributed by atoms with E-state index in [1.807, 2.05) is 13.8 Å². The van der Waals surface area contributed by atoms with Crippen molar-refractivity contribution in [2.75, 3.05) is 0 Å². The fourth-order valence-electron chi connectivity index (χ4n) is 4.06. The number of rotatable bonds is 5. The van der Waals surface area contributed by atoms with Crippen molar-refractivity contribution >= 4 is 5.97 Å². The van der Waals surface area contributed by atoms with Crippen LogP contribution in [0.5, 0.6) is 0 Å². The van der Waals surface area contributed by atoms with E-state index in [2.05, 4.69) is 0 Å². The van der Waals surface area contributed by atoms with E-state index >= 15 is 0 Å². The Bertz CT molecular complexity index is 268. The number of carboxylic acid groups (broad SMARTS) is 1. The summed E-state index contributed by atoms with van der Waals surface area (Å²) in [6, 6.07) is 0. The summed E-state index contributed by atoms with van der Waals surface area (Å²) in [6.45, 7) is 4.07.